The minimum atomic E-state index is -0.652. The van der Waals surface area contributed by atoms with Crippen molar-refractivity contribution in [2.75, 3.05) is 11.9 Å². The Morgan fingerprint density at radius 1 is 1.03 bits per heavy atom. The predicted octanol–water partition coefficient (Wildman–Crippen LogP) is 4.23. The van der Waals surface area contributed by atoms with E-state index in [2.05, 4.69) is 16.7 Å². The van der Waals surface area contributed by atoms with Crippen LogP contribution in [0.2, 0.25) is 0 Å². The molecule has 8 nitrogen and oxygen atoms in total. The number of para-hydroxylation sites is 1. The number of carbonyl (C=O) groups is 3. The number of nitrogens with one attached hydrogen (secondary N) is 2. The second-order valence-electron chi connectivity index (χ2n) is 8.07. The highest BCUT2D eigenvalue weighted by Gasteiger charge is 2.35. The molecule has 1 saturated heterocycles. The third-order valence-electron chi connectivity index (χ3n) is 5.66. The van der Waals surface area contributed by atoms with Gasteiger partial charge in [-0.3, -0.25) is 9.59 Å². The van der Waals surface area contributed by atoms with E-state index >= 15 is 0 Å². The van der Waals surface area contributed by atoms with Crippen LogP contribution in [0.1, 0.15) is 29.2 Å². The number of aryl methyl sites for hydroxylation is 1. The maximum Gasteiger partial charge on any atom is 0.329 e. The van der Waals surface area contributed by atoms with Gasteiger partial charge in [0.1, 0.15) is 24.6 Å². The molecule has 0 saturated carbocycles. The lowest BCUT2D eigenvalue weighted by Gasteiger charge is -2.13. The number of carbonyl (C=O) groups excluding carboxylic acids is 3. The summed E-state index contributed by atoms with van der Waals surface area (Å²) in [6.07, 6.45) is 2.28. The van der Waals surface area contributed by atoms with Crippen LogP contribution in [0.3, 0.4) is 0 Å². The summed E-state index contributed by atoms with van der Waals surface area (Å²) in [5.41, 5.74) is 3.72. The van der Waals surface area contributed by atoms with E-state index in [0.29, 0.717) is 22.6 Å². The van der Waals surface area contributed by atoms with E-state index in [0.717, 1.165) is 22.4 Å². The fourth-order valence-corrected chi connectivity index (χ4v) is 3.74. The van der Waals surface area contributed by atoms with E-state index in [9.17, 15) is 19.6 Å². The molecule has 8 heteroatoms. The van der Waals surface area contributed by atoms with E-state index < -0.39 is 24.4 Å². The van der Waals surface area contributed by atoms with Crippen LogP contribution in [-0.4, -0.2) is 29.3 Å². The topological polar surface area (TPSA) is 112 Å². The Morgan fingerprint density at radius 3 is 2.44 bits per heavy atom. The standard InChI is InChI=1S/C28H24N4O4/c1-2-20-7-5-6-10-24(20)30-26(33)17-32-27(34)25(31-28(32)35)15-19-11-13-23(14-12-19)36-18-22-9-4-3-8-21(22)16-29/h3-15H,2,17-18H2,1H3,(H,30,33)(H,31,35)/b25-15+. The van der Waals surface area contributed by atoms with Gasteiger partial charge in [-0.05, 0) is 47.9 Å². The van der Waals surface area contributed by atoms with Gasteiger partial charge >= 0.3 is 6.03 Å². The Hall–Kier alpha value is -4.90. The zero-order valence-electron chi connectivity index (χ0n) is 19.7. The first-order valence-electron chi connectivity index (χ1n) is 11.4. The van der Waals surface area contributed by atoms with E-state index in [1.165, 1.54) is 0 Å². The van der Waals surface area contributed by atoms with Crippen molar-refractivity contribution in [1.82, 2.24) is 10.2 Å². The summed E-state index contributed by atoms with van der Waals surface area (Å²) in [5, 5.41) is 14.5. The number of amides is 4. The summed E-state index contributed by atoms with van der Waals surface area (Å²) in [7, 11) is 0. The van der Waals surface area contributed by atoms with Crippen LogP contribution in [0, 0.1) is 11.3 Å². The Kier molecular flexibility index (Phi) is 7.42. The molecule has 0 aromatic heterocycles. The number of nitrogens with zero attached hydrogens (tertiary/aromatic N) is 2. The van der Waals surface area contributed by atoms with Crippen molar-refractivity contribution in [3.05, 3.63) is 101 Å². The third-order valence-corrected chi connectivity index (χ3v) is 5.66. The molecule has 2 N–H and O–H groups in total. The van der Waals surface area contributed by atoms with Gasteiger partial charge in [-0.25, -0.2) is 9.69 Å². The average Bonchev–Trinajstić information content (AvgIpc) is 3.15. The van der Waals surface area contributed by atoms with Gasteiger partial charge < -0.3 is 15.4 Å². The maximum absolute atomic E-state index is 12.8. The summed E-state index contributed by atoms with van der Waals surface area (Å²) >= 11 is 0. The van der Waals surface area contributed by atoms with Crippen LogP contribution in [0.25, 0.3) is 6.08 Å². The van der Waals surface area contributed by atoms with Crippen LogP contribution < -0.4 is 15.4 Å². The molecule has 180 valence electrons. The summed E-state index contributed by atoms with van der Waals surface area (Å²) in [6.45, 7) is 1.83. The monoisotopic (exact) mass is 480 g/mol. The molecule has 3 aromatic carbocycles. The van der Waals surface area contributed by atoms with Crippen LogP contribution in [-0.2, 0) is 22.6 Å². The number of benzene rings is 3. The van der Waals surface area contributed by atoms with Crippen LogP contribution in [0.5, 0.6) is 5.75 Å². The lowest BCUT2D eigenvalue weighted by Crippen LogP contribution is -2.38. The summed E-state index contributed by atoms with van der Waals surface area (Å²) in [4.78, 5) is 38.5. The second kappa shape index (κ2) is 11.0. The molecule has 3 aromatic rings. The molecule has 0 aliphatic carbocycles. The minimum absolute atomic E-state index is 0.0818. The zero-order valence-corrected chi connectivity index (χ0v) is 19.7. The van der Waals surface area contributed by atoms with Crippen molar-refractivity contribution in [3.8, 4) is 11.8 Å². The number of nitriles is 1. The van der Waals surface area contributed by atoms with Gasteiger partial charge in [0.25, 0.3) is 5.91 Å². The molecule has 4 rings (SSSR count). The highest BCUT2D eigenvalue weighted by molar-refractivity contribution is 6.16. The first-order chi connectivity index (χ1) is 17.5. The first-order valence-corrected chi connectivity index (χ1v) is 11.4. The molecule has 0 unspecified atom stereocenters. The summed E-state index contributed by atoms with van der Waals surface area (Å²) in [5.74, 6) is -0.440. The number of hydrogen-bond donors (Lipinski definition) is 2. The average molecular weight is 481 g/mol. The molecule has 1 fully saturated rings. The van der Waals surface area contributed by atoms with E-state index in [-0.39, 0.29) is 12.3 Å². The molecule has 1 aliphatic heterocycles. The van der Waals surface area contributed by atoms with Crippen molar-refractivity contribution in [2.45, 2.75) is 20.0 Å². The number of anilines is 1. The quantitative estimate of drug-likeness (QED) is 0.370. The lowest BCUT2D eigenvalue weighted by molar-refractivity contribution is -0.127. The number of ether oxygens (including phenoxy) is 1. The molecule has 0 radical (unpaired) electrons. The van der Waals surface area contributed by atoms with Crippen molar-refractivity contribution in [2.24, 2.45) is 0 Å². The van der Waals surface area contributed by atoms with E-state index in [1.54, 1.807) is 48.5 Å². The molecular formula is C28H24N4O4. The molecule has 0 atom stereocenters. The molecule has 36 heavy (non-hydrogen) atoms. The number of rotatable bonds is 8. The lowest BCUT2D eigenvalue weighted by atomic mass is 10.1. The fourth-order valence-electron chi connectivity index (χ4n) is 3.74. The normalized spacial score (nSPS) is 13.9. The van der Waals surface area contributed by atoms with Crippen molar-refractivity contribution in [1.29, 1.82) is 5.26 Å². The van der Waals surface area contributed by atoms with Gasteiger partial charge in [0.15, 0.2) is 0 Å². The molecule has 0 spiro atoms. The van der Waals surface area contributed by atoms with E-state index in [1.807, 2.05) is 37.3 Å². The van der Waals surface area contributed by atoms with Crippen molar-refractivity contribution >= 4 is 29.6 Å². The number of hydrogen-bond acceptors (Lipinski definition) is 5. The fraction of sp³-hybridized carbons (Fsp3) is 0.143. The van der Waals surface area contributed by atoms with Crippen LogP contribution in [0.15, 0.2) is 78.5 Å². The number of urea groups is 1. The van der Waals surface area contributed by atoms with Gasteiger partial charge in [-0.2, -0.15) is 5.26 Å². The molecule has 4 amide bonds. The number of imide groups is 1. The predicted molar refractivity (Wildman–Crippen MR) is 135 cm³/mol. The van der Waals surface area contributed by atoms with Crippen molar-refractivity contribution in [3.63, 3.8) is 0 Å². The highest BCUT2D eigenvalue weighted by atomic mass is 16.5. The highest BCUT2D eigenvalue weighted by Crippen LogP contribution is 2.20. The Morgan fingerprint density at radius 2 is 1.72 bits per heavy atom. The Bertz CT molecular complexity index is 1370. The minimum Gasteiger partial charge on any atom is -0.489 e. The third kappa shape index (κ3) is 5.59. The Balaban J connectivity index is 1.37. The van der Waals surface area contributed by atoms with Gasteiger partial charge in [-0.15, -0.1) is 0 Å². The van der Waals surface area contributed by atoms with Crippen LogP contribution in [0.4, 0.5) is 10.5 Å². The first kappa shape index (κ1) is 24.2. The summed E-state index contributed by atoms with van der Waals surface area (Å²) < 4.78 is 5.76. The molecular weight excluding hydrogens is 456 g/mol. The largest absolute Gasteiger partial charge is 0.489 e. The maximum atomic E-state index is 12.8. The summed E-state index contributed by atoms with van der Waals surface area (Å²) in [6, 6.07) is 23.0. The SMILES string of the molecule is CCc1ccccc1NC(=O)CN1C(=O)N/C(=C/c2ccc(OCc3ccccc3C#N)cc2)C1=O. The Labute approximate surface area is 208 Å². The van der Waals surface area contributed by atoms with Crippen LogP contribution >= 0.6 is 0 Å². The smallest absolute Gasteiger partial charge is 0.329 e. The van der Waals surface area contributed by atoms with Gasteiger partial charge in [-0.1, -0.05) is 55.5 Å². The molecule has 1 heterocycles. The van der Waals surface area contributed by atoms with Gasteiger partial charge in [0.2, 0.25) is 5.91 Å². The van der Waals surface area contributed by atoms with E-state index in [4.69, 9.17) is 4.74 Å². The second-order valence-corrected chi connectivity index (χ2v) is 8.07. The molecule has 1 aliphatic rings. The molecule has 0 bridgehead atoms. The van der Waals surface area contributed by atoms with Crippen molar-refractivity contribution < 1.29 is 19.1 Å². The zero-order chi connectivity index (χ0) is 25.5. The van der Waals surface area contributed by atoms with Gasteiger partial charge in [0, 0.05) is 11.3 Å². The van der Waals surface area contributed by atoms with Gasteiger partial charge in [0.05, 0.1) is 11.6 Å².